The SMILES string of the molecule is CS(=O)(=O)N1CCc2c(sc(N)c2C(=O)O)C1. The van der Waals surface area contributed by atoms with Gasteiger partial charge in [-0.25, -0.2) is 13.2 Å². The summed E-state index contributed by atoms with van der Waals surface area (Å²) in [4.78, 5) is 11.8. The minimum absolute atomic E-state index is 0.137. The molecule has 1 aromatic heterocycles. The molecule has 2 rings (SSSR count). The zero-order valence-electron chi connectivity index (χ0n) is 9.13. The molecule has 0 fully saturated rings. The Hall–Kier alpha value is -1.12. The van der Waals surface area contributed by atoms with Crippen LogP contribution in [-0.2, 0) is 23.0 Å². The van der Waals surface area contributed by atoms with E-state index in [0.29, 0.717) is 18.5 Å². The highest BCUT2D eigenvalue weighted by Gasteiger charge is 2.29. The number of hydrogen-bond donors (Lipinski definition) is 2. The first-order chi connectivity index (χ1) is 7.80. The Morgan fingerprint density at radius 1 is 1.53 bits per heavy atom. The lowest BCUT2D eigenvalue weighted by molar-refractivity contribution is 0.0697. The summed E-state index contributed by atoms with van der Waals surface area (Å²) in [5, 5.41) is 9.28. The minimum atomic E-state index is -3.24. The second-order valence-electron chi connectivity index (χ2n) is 3.89. The van der Waals surface area contributed by atoms with Crippen molar-refractivity contribution in [2.24, 2.45) is 0 Å². The lowest BCUT2D eigenvalue weighted by Crippen LogP contribution is -2.34. The molecule has 0 spiro atoms. The van der Waals surface area contributed by atoms with Gasteiger partial charge in [-0.1, -0.05) is 0 Å². The fourth-order valence-corrected chi connectivity index (χ4v) is 3.91. The number of nitrogens with zero attached hydrogens (tertiary/aromatic N) is 1. The van der Waals surface area contributed by atoms with Gasteiger partial charge in [0.2, 0.25) is 10.0 Å². The fraction of sp³-hybridized carbons (Fsp3) is 0.444. The van der Waals surface area contributed by atoms with E-state index < -0.39 is 16.0 Å². The van der Waals surface area contributed by atoms with Crippen molar-refractivity contribution in [3.63, 3.8) is 0 Å². The first kappa shape index (κ1) is 12.3. The van der Waals surface area contributed by atoms with E-state index >= 15 is 0 Å². The van der Waals surface area contributed by atoms with Crippen LogP contribution in [0.1, 0.15) is 20.8 Å². The number of carboxylic acids is 1. The maximum atomic E-state index is 11.4. The number of thiophene rings is 1. The number of rotatable bonds is 2. The normalized spacial score (nSPS) is 16.8. The van der Waals surface area contributed by atoms with Crippen LogP contribution in [-0.4, -0.2) is 36.6 Å². The molecule has 3 N–H and O–H groups in total. The predicted molar refractivity (Wildman–Crippen MR) is 64.6 cm³/mol. The number of carbonyl (C=O) groups is 1. The predicted octanol–water partition coefficient (Wildman–Crippen LogP) is 0.346. The summed E-state index contributed by atoms with van der Waals surface area (Å²) in [6.45, 7) is 0.526. The van der Waals surface area contributed by atoms with E-state index in [2.05, 4.69) is 0 Å². The van der Waals surface area contributed by atoms with Gasteiger partial charge in [0.25, 0.3) is 0 Å². The Morgan fingerprint density at radius 2 is 2.18 bits per heavy atom. The lowest BCUT2D eigenvalue weighted by atomic mass is 10.0. The molecule has 0 amide bonds. The highest BCUT2D eigenvalue weighted by Crippen LogP contribution is 2.35. The third-order valence-electron chi connectivity index (χ3n) is 2.73. The first-order valence-electron chi connectivity index (χ1n) is 4.89. The van der Waals surface area contributed by atoms with Gasteiger partial charge in [0, 0.05) is 18.0 Å². The van der Waals surface area contributed by atoms with E-state index in [1.54, 1.807) is 0 Å². The molecule has 0 radical (unpaired) electrons. The lowest BCUT2D eigenvalue weighted by Gasteiger charge is -2.24. The number of carboxylic acid groups (broad SMARTS) is 1. The topological polar surface area (TPSA) is 101 Å². The molecule has 0 unspecified atom stereocenters. The molecule has 0 saturated heterocycles. The third-order valence-corrected chi connectivity index (χ3v) is 5.03. The van der Waals surface area contributed by atoms with Gasteiger partial charge in [0.15, 0.2) is 0 Å². The second-order valence-corrected chi connectivity index (χ2v) is 7.01. The monoisotopic (exact) mass is 276 g/mol. The summed E-state index contributed by atoms with van der Waals surface area (Å²) in [5.41, 5.74) is 6.46. The highest BCUT2D eigenvalue weighted by molar-refractivity contribution is 7.88. The van der Waals surface area contributed by atoms with Crippen molar-refractivity contribution >= 4 is 32.3 Å². The molecule has 1 aliphatic heterocycles. The van der Waals surface area contributed by atoms with E-state index in [-0.39, 0.29) is 17.1 Å². The van der Waals surface area contributed by atoms with Crippen LogP contribution in [0.25, 0.3) is 0 Å². The number of anilines is 1. The summed E-state index contributed by atoms with van der Waals surface area (Å²) in [5.74, 6) is -1.05. The van der Waals surface area contributed by atoms with Crippen LogP contribution in [0.3, 0.4) is 0 Å². The molecule has 0 aliphatic carbocycles. The second kappa shape index (κ2) is 3.97. The largest absolute Gasteiger partial charge is 0.478 e. The number of aromatic carboxylic acids is 1. The van der Waals surface area contributed by atoms with Gasteiger partial charge in [0.05, 0.1) is 11.8 Å². The summed E-state index contributed by atoms with van der Waals surface area (Å²) in [6, 6.07) is 0. The van der Waals surface area contributed by atoms with E-state index in [9.17, 15) is 13.2 Å². The van der Waals surface area contributed by atoms with Gasteiger partial charge in [-0.05, 0) is 12.0 Å². The molecule has 0 atom stereocenters. The molecule has 0 aromatic carbocycles. The Kier molecular flexibility index (Phi) is 2.88. The summed E-state index contributed by atoms with van der Waals surface area (Å²) < 4.78 is 24.1. The van der Waals surface area contributed by atoms with Gasteiger partial charge in [-0.15, -0.1) is 11.3 Å². The minimum Gasteiger partial charge on any atom is -0.478 e. The molecule has 6 nitrogen and oxygen atoms in total. The summed E-state index contributed by atoms with van der Waals surface area (Å²) in [6.07, 6.45) is 1.55. The van der Waals surface area contributed by atoms with Crippen LogP contribution >= 0.6 is 11.3 Å². The Labute approximate surface area is 103 Å². The van der Waals surface area contributed by atoms with Crippen LogP contribution in [0, 0.1) is 0 Å². The molecule has 94 valence electrons. The van der Waals surface area contributed by atoms with Gasteiger partial charge in [0.1, 0.15) is 5.00 Å². The third kappa shape index (κ3) is 2.15. The molecule has 0 saturated carbocycles. The van der Waals surface area contributed by atoms with Crippen LogP contribution in [0.5, 0.6) is 0 Å². The average Bonchev–Trinajstić information content (AvgIpc) is 2.50. The van der Waals surface area contributed by atoms with Crippen molar-refractivity contribution in [1.82, 2.24) is 4.31 Å². The summed E-state index contributed by atoms with van der Waals surface area (Å²) >= 11 is 1.16. The molecular formula is C9H12N2O4S2. The number of sulfonamides is 1. The number of fused-ring (bicyclic) bond motifs is 1. The molecule has 1 aromatic rings. The van der Waals surface area contributed by atoms with E-state index in [1.807, 2.05) is 0 Å². The van der Waals surface area contributed by atoms with Gasteiger partial charge in [-0.3, -0.25) is 0 Å². The zero-order chi connectivity index (χ0) is 12.8. The summed E-state index contributed by atoms with van der Waals surface area (Å²) in [7, 11) is -3.24. The van der Waals surface area contributed by atoms with Crippen LogP contribution in [0.2, 0.25) is 0 Å². The van der Waals surface area contributed by atoms with Gasteiger partial charge < -0.3 is 10.8 Å². The fourth-order valence-electron chi connectivity index (χ4n) is 1.92. The maximum absolute atomic E-state index is 11.4. The smallest absolute Gasteiger partial charge is 0.338 e. The standard InChI is InChI=1S/C9H12N2O4S2/c1-17(14,15)11-3-2-5-6(4-11)16-8(10)7(5)9(12)13/h2-4,10H2,1H3,(H,12,13). The average molecular weight is 276 g/mol. The number of hydrogen-bond acceptors (Lipinski definition) is 5. The van der Waals surface area contributed by atoms with Crippen LogP contribution < -0.4 is 5.73 Å². The number of nitrogens with two attached hydrogens (primary N) is 1. The van der Waals surface area contributed by atoms with Crippen molar-refractivity contribution in [1.29, 1.82) is 0 Å². The number of nitrogen functional groups attached to an aromatic ring is 1. The Bertz CT molecular complexity index is 576. The van der Waals surface area contributed by atoms with Crippen molar-refractivity contribution < 1.29 is 18.3 Å². The van der Waals surface area contributed by atoms with Crippen molar-refractivity contribution in [3.05, 3.63) is 16.0 Å². The van der Waals surface area contributed by atoms with E-state index in [0.717, 1.165) is 22.5 Å². The molecular weight excluding hydrogens is 264 g/mol. The quantitative estimate of drug-likeness (QED) is 0.811. The zero-order valence-corrected chi connectivity index (χ0v) is 10.8. The van der Waals surface area contributed by atoms with Crippen molar-refractivity contribution in [2.45, 2.75) is 13.0 Å². The van der Waals surface area contributed by atoms with Crippen LogP contribution in [0.15, 0.2) is 0 Å². The highest BCUT2D eigenvalue weighted by atomic mass is 32.2. The van der Waals surface area contributed by atoms with E-state index in [4.69, 9.17) is 10.8 Å². The maximum Gasteiger partial charge on any atom is 0.338 e. The van der Waals surface area contributed by atoms with Gasteiger partial charge >= 0.3 is 5.97 Å². The molecule has 17 heavy (non-hydrogen) atoms. The molecule has 0 bridgehead atoms. The molecule has 1 aliphatic rings. The Morgan fingerprint density at radius 3 is 2.71 bits per heavy atom. The van der Waals surface area contributed by atoms with Crippen molar-refractivity contribution in [2.75, 3.05) is 18.5 Å². The van der Waals surface area contributed by atoms with Crippen LogP contribution in [0.4, 0.5) is 5.00 Å². The van der Waals surface area contributed by atoms with E-state index in [1.165, 1.54) is 4.31 Å². The Balaban J connectivity index is 2.42. The van der Waals surface area contributed by atoms with Crippen molar-refractivity contribution in [3.8, 4) is 0 Å². The van der Waals surface area contributed by atoms with Gasteiger partial charge in [-0.2, -0.15) is 4.31 Å². The first-order valence-corrected chi connectivity index (χ1v) is 7.55. The molecule has 8 heteroatoms. The molecule has 2 heterocycles.